The molecule has 0 amide bonds. The van der Waals surface area contributed by atoms with Crippen LogP contribution >= 0.6 is 11.3 Å². The molecule has 0 unspecified atom stereocenters. The molecular weight excluding hydrogens is 537 g/mol. The zero-order valence-electron chi connectivity index (χ0n) is 25.0. The maximum atomic E-state index is 2.46. The lowest BCUT2D eigenvalue weighted by atomic mass is 9.80. The van der Waals surface area contributed by atoms with Crippen molar-refractivity contribution in [2.24, 2.45) is 0 Å². The lowest BCUT2D eigenvalue weighted by molar-refractivity contribution is 0.659. The molecule has 2 aliphatic rings. The highest BCUT2D eigenvalue weighted by Gasteiger charge is 2.37. The van der Waals surface area contributed by atoms with Gasteiger partial charge in [0.25, 0.3) is 0 Å². The van der Waals surface area contributed by atoms with Gasteiger partial charge >= 0.3 is 0 Å². The van der Waals surface area contributed by atoms with Gasteiger partial charge in [0.2, 0.25) is 0 Å². The van der Waals surface area contributed by atoms with Crippen LogP contribution in [-0.2, 0) is 10.8 Å². The highest BCUT2D eigenvalue weighted by atomic mass is 32.1. The van der Waals surface area contributed by atoms with Crippen LogP contribution in [0.4, 0.5) is 0 Å². The molecule has 0 aliphatic heterocycles. The lowest BCUT2D eigenvalue weighted by Crippen LogP contribution is -2.15. The van der Waals surface area contributed by atoms with E-state index in [0.717, 1.165) is 0 Å². The molecule has 0 radical (unpaired) electrons. The van der Waals surface area contributed by atoms with Gasteiger partial charge in [0.15, 0.2) is 0 Å². The molecule has 7 aromatic rings. The highest BCUT2D eigenvalue weighted by Crippen LogP contribution is 2.53. The maximum absolute atomic E-state index is 2.46. The highest BCUT2D eigenvalue weighted by molar-refractivity contribution is 7.26. The molecule has 6 aromatic carbocycles. The monoisotopic (exact) mass is 568 g/mol. The predicted octanol–water partition coefficient (Wildman–Crippen LogP) is 12.0. The third kappa shape index (κ3) is 3.37. The molecular formula is C42H32S. The zero-order valence-corrected chi connectivity index (χ0v) is 25.8. The Morgan fingerprint density at radius 2 is 0.884 bits per heavy atom. The maximum Gasteiger partial charge on any atom is 0.0433 e. The molecule has 0 fully saturated rings. The minimum Gasteiger partial charge on any atom is -0.135 e. The van der Waals surface area contributed by atoms with Gasteiger partial charge in [-0.25, -0.2) is 0 Å². The molecule has 1 heterocycles. The van der Waals surface area contributed by atoms with Crippen molar-refractivity contribution >= 4 is 31.5 Å². The molecule has 0 N–H and O–H groups in total. The Balaban J connectivity index is 1.14. The Hall–Kier alpha value is -4.46. The van der Waals surface area contributed by atoms with Gasteiger partial charge < -0.3 is 0 Å². The average molecular weight is 569 g/mol. The molecule has 0 spiro atoms. The van der Waals surface area contributed by atoms with E-state index in [1.165, 1.54) is 86.9 Å². The van der Waals surface area contributed by atoms with Crippen LogP contribution in [0.25, 0.3) is 64.7 Å². The van der Waals surface area contributed by atoms with Crippen molar-refractivity contribution < 1.29 is 0 Å². The first-order chi connectivity index (χ1) is 20.8. The second kappa shape index (κ2) is 8.56. The van der Waals surface area contributed by atoms with E-state index < -0.39 is 0 Å². The van der Waals surface area contributed by atoms with Gasteiger partial charge in [-0.1, -0.05) is 125 Å². The normalized spacial score (nSPS) is 15.3. The molecule has 2 aliphatic carbocycles. The van der Waals surface area contributed by atoms with Crippen LogP contribution in [0, 0.1) is 0 Å². The van der Waals surface area contributed by atoms with E-state index in [1.807, 2.05) is 11.3 Å². The van der Waals surface area contributed by atoms with Gasteiger partial charge in [0.05, 0.1) is 0 Å². The zero-order chi connectivity index (χ0) is 29.1. The number of hydrogen-bond donors (Lipinski definition) is 0. The molecule has 1 aromatic heterocycles. The van der Waals surface area contributed by atoms with Crippen molar-refractivity contribution in [1.82, 2.24) is 0 Å². The largest absolute Gasteiger partial charge is 0.135 e. The molecule has 0 saturated heterocycles. The van der Waals surface area contributed by atoms with E-state index >= 15 is 0 Å². The van der Waals surface area contributed by atoms with E-state index in [9.17, 15) is 0 Å². The molecule has 1 heteroatoms. The summed E-state index contributed by atoms with van der Waals surface area (Å²) in [5.74, 6) is 0. The van der Waals surface area contributed by atoms with E-state index in [0.29, 0.717) is 0 Å². The van der Waals surface area contributed by atoms with Crippen LogP contribution in [-0.4, -0.2) is 0 Å². The van der Waals surface area contributed by atoms with Gasteiger partial charge in [-0.05, 0) is 91.0 Å². The smallest absolute Gasteiger partial charge is 0.0433 e. The minimum atomic E-state index is -0.0863. The topological polar surface area (TPSA) is 0 Å². The summed E-state index contributed by atoms with van der Waals surface area (Å²) in [6, 6.07) is 45.8. The van der Waals surface area contributed by atoms with Crippen LogP contribution in [0.5, 0.6) is 0 Å². The Morgan fingerprint density at radius 1 is 0.395 bits per heavy atom. The molecule has 0 atom stereocenters. The molecule has 206 valence electrons. The fourth-order valence-electron chi connectivity index (χ4n) is 7.94. The average Bonchev–Trinajstić information content (AvgIpc) is 3.60. The van der Waals surface area contributed by atoms with Crippen molar-refractivity contribution in [1.29, 1.82) is 0 Å². The van der Waals surface area contributed by atoms with Gasteiger partial charge in [-0.3, -0.25) is 0 Å². The number of benzene rings is 6. The summed E-state index contributed by atoms with van der Waals surface area (Å²) in [4.78, 5) is 0. The van der Waals surface area contributed by atoms with E-state index in [-0.39, 0.29) is 10.8 Å². The van der Waals surface area contributed by atoms with Crippen molar-refractivity contribution in [2.45, 2.75) is 38.5 Å². The first-order valence-corrected chi connectivity index (χ1v) is 16.1. The SMILES string of the molecule is CC1(C)c2ccccc2-c2ccc(-c3ccc4c(c3)C(C)(C)c3cc(-c5cccc6c5sc5ccccc56)ccc3-4)cc21. The van der Waals surface area contributed by atoms with Crippen molar-refractivity contribution in [2.75, 3.05) is 0 Å². The number of thiophene rings is 1. The molecule has 0 saturated carbocycles. The van der Waals surface area contributed by atoms with Crippen LogP contribution < -0.4 is 0 Å². The summed E-state index contributed by atoms with van der Waals surface area (Å²) in [5, 5.41) is 2.70. The first-order valence-electron chi connectivity index (χ1n) is 15.3. The van der Waals surface area contributed by atoms with Gasteiger partial charge in [-0.15, -0.1) is 11.3 Å². The summed E-state index contributed by atoms with van der Waals surface area (Å²) in [7, 11) is 0. The molecule has 43 heavy (non-hydrogen) atoms. The quantitative estimate of drug-likeness (QED) is 0.195. The van der Waals surface area contributed by atoms with Crippen LogP contribution in [0.3, 0.4) is 0 Å². The molecule has 0 bridgehead atoms. The summed E-state index contributed by atoms with van der Waals surface area (Å²) >= 11 is 1.91. The predicted molar refractivity (Wildman–Crippen MR) is 185 cm³/mol. The number of fused-ring (bicyclic) bond motifs is 9. The third-order valence-electron chi connectivity index (χ3n) is 10.3. The summed E-state index contributed by atoms with van der Waals surface area (Å²) in [6.07, 6.45) is 0. The summed E-state index contributed by atoms with van der Waals surface area (Å²) in [5.41, 5.74) is 16.3. The van der Waals surface area contributed by atoms with Crippen LogP contribution in [0.15, 0.2) is 121 Å². The Labute approximate surface area is 257 Å². The molecule has 9 rings (SSSR count). The molecule has 0 nitrogen and oxygen atoms in total. The Kier molecular flexibility index (Phi) is 4.99. The first kappa shape index (κ1) is 25.1. The summed E-state index contributed by atoms with van der Waals surface area (Å²) < 4.78 is 2.73. The van der Waals surface area contributed by atoms with Crippen LogP contribution in [0.2, 0.25) is 0 Å². The second-order valence-corrected chi connectivity index (χ2v) is 14.4. The third-order valence-corrected chi connectivity index (χ3v) is 11.5. The van der Waals surface area contributed by atoms with Gasteiger partial charge in [-0.2, -0.15) is 0 Å². The number of rotatable bonds is 2. The van der Waals surface area contributed by atoms with Gasteiger partial charge in [0, 0.05) is 31.0 Å². The second-order valence-electron chi connectivity index (χ2n) is 13.4. The van der Waals surface area contributed by atoms with Crippen molar-refractivity contribution in [3.8, 4) is 44.5 Å². The number of hydrogen-bond acceptors (Lipinski definition) is 1. The lowest BCUT2D eigenvalue weighted by Gasteiger charge is -2.23. The summed E-state index contributed by atoms with van der Waals surface area (Å²) in [6.45, 7) is 9.52. The van der Waals surface area contributed by atoms with Crippen molar-refractivity contribution in [3.05, 3.63) is 144 Å². The Bertz CT molecular complexity index is 2290. The fraction of sp³-hybridized carbons (Fsp3) is 0.143. The van der Waals surface area contributed by atoms with E-state index in [1.54, 1.807) is 0 Å². The Morgan fingerprint density at radius 3 is 1.58 bits per heavy atom. The fourth-order valence-corrected chi connectivity index (χ4v) is 9.18. The van der Waals surface area contributed by atoms with E-state index in [4.69, 9.17) is 0 Å². The minimum absolute atomic E-state index is 0.00183. The van der Waals surface area contributed by atoms with Gasteiger partial charge in [0.1, 0.15) is 0 Å². The standard InChI is InChI=1S/C42H32S/c1-41(2)35-14-7-5-10-29(35)30-19-16-25(22-36(30)41)26-17-20-31-32-21-18-27(24-38(32)42(3,4)37(31)23-26)28-12-9-13-34-33-11-6-8-15-39(33)43-40(28)34/h5-24H,1-4H3. The van der Waals surface area contributed by atoms with E-state index in [2.05, 4.69) is 149 Å². The van der Waals surface area contributed by atoms with Crippen LogP contribution in [0.1, 0.15) is 49.9 Å². The van der Waals surface area contributed by atoms with Crippen molar-refractivity contribution in [3.63, 3.8) is 0 Å².